The first-order valence-corrected chi connectivity index (χ1v) is 8.02. The molecule has 2 aromatic rings. The average Bonchev–Trinajstić information content (AvgIpc) is 2.55. The van der Waals surface area contributed by atoms with Crippen molar-refractivity contribution in [2.75, 3.05) is 6.61 Å². The predicted octanol–water partition coefficient (Wildman–Crippen LogP) is 3.00. The second-order valence-electron chi connectivity index (χ2n) is 5.71. The summed E-state index contributed by atoms with van der Waals surface area (Å²) in [5.74, 6) is 0.848. The molecule has 3 rings (SSSR count). The summed E-state index contributed by atoms with van der Waals surface area (Å²) in [7, 11) is 0. The number of esters is 1. The Morgan fingerprint density at radius 3 is 2.87 bits per heavy atom. The lowest BCUT2D eigenvalue weighted by Gasteiger charge is -2.16. The van der Waals surface area contributed by atoms with Crippen molar-refractivity contribution in [2.45, 2.75) is 45.6 Å². The van der Waals surface area contributed by atoms with E-state index in [9.17, 15) is 9.59 Å². The maximum Gasteiger partial charge on any atom is 0.347 e. The second kappa shape index (κ2) is 6.44. The van der Waals surface area contributed by atoms with Crippen LogP contribution in [0.15, 0.2) is 27.4 Å². The summed E-state index contributed by atoms with van der Waals surface area (Å²) in [5.41, 5.74) is 1.35. The molecule has 1 heterocycles. The highest BCUT2D eigenvalue weighted by Crippen LogP contribution is 2.26. The van der Waals surface area contributed by atoms with Crippen LogP contribution < -0.4 is 10.2 Å². The molecule has 0 fully saturated rings. The number of fused-ring (bicyclic) bond motifs is 2. The first kappa shape index (κ1) is 15.6. The minimum absolute atomic E-state index is 0.0472. The van der Waals surface area contributed by atoms with Gasteiger partial charge in [-0.05, 0) is 45.2 Å². The molecule has 1 atom stereocenters. The number of aryl methyl sites for hydroxylation is 1. The van der Waals surface area contributed by atoms with E-state index in [4.69, 9.17) is 13.9 Å². The lowest BCUT2D eigenvalue weighted by Crippen LogP contribution is -2.26. The quantitative estimate of drug-likeness (QED) is 0.811. The third-order valence-electron chi connectivity index (χ3n) is 4.05. The molecule has 1 unspecified atom stereocenters. The van der Waals surface area contributed by atoms with Gasteiger partial charge in [0.25, 0.3) is 0 Å². The monoisotopic (exact) mass is 316 g/mol. The number of benzene rings is 1. The average molecular weight is 316 g/mol. The van der Waals surface area contributed by atoms with Crippen molar-refractivity contribution in [3.05, 3.63) is 39.7 Å². The summed E-state index contributed by atoms with van der Waals surface area (Å²) in [6.45, 7) is 3.69. The highest BCUT2D eigenvalue weighted by atomic mass is 16.6. The Morgan fingerprint density at radius 2 is 2.09 bits per heavy atom. The largest absolute Gasteiger partial charge is 0.479 e. The van der Waals surface area contributed by atoms with Crippen molar-refractivity contribution >= 4 is 16.9 Å². The number of hydrogen-bond donors (Lipinski definition) is 0. The van der Waals surface area contributed by atoms with Crippen molar-refractivity contribution in [2.24, 2.45) is 0 Å². The van der Waals surface area contributed by atoms with Crippen LogP contribution in [0.4, 0.5) is 0 Å². The van der Waals surface area contributed by atoms with Crippen molar-refractivity contribution in [1.82, 2.24) is 0 Å². The molecule has 0 N–H and O–H groups in total. The van der Waals surface area contributed by atoms with Crippen molar-refractivity contribution in [3.63, 3.8) is 0 Å². The molecule has 23 heavy (non-hydrogen) atoms. The zero-order chi connectivity index (χ0) is 16.4. The molecule has 0 radical (unpaired) electrons. The van der Waals surface area contributed by atoms with Gasteiger partial charge in [-0.1, -0.05) is 0 Å². The zero-order valence-electron chi connectivity index (χ0n) is 13.4. The molecule has 5 nitrogen and oxygen atoms in total. The minimum atomic E-state index is -0.711. The lowest BCUT2D eigenvalue weighted by atomic mass is 9.96. The van der Waals surface area contributed by atoms with E-state index in [-0.39, 0.29) is 5.43 Å². The fourth-order valence-electron chi connectivity index (χ4n) is 2.89. The molecule has 5 heteroatoms. The first-order valence-electron chi connectivity index (χ1n) is 8.02. The van der Waals surface area contributed by atoms with Crippen LogP contribution in [-0.4, -0.2) is 18.7 Å². The zero-order valence-corrected chi connectivity index (χ0v) is 13.4. The second-order valence-corrected chi connectivity index (χ2v) is 5.71. The number of hydrogen-bond acceptors (Lipinski definition) is 5. The molecule has 122 valence electrons. The van der Waals surface area contributed by atoms with Crippen LogP contribution in [0.25, 0.3) is 11.0 Å². The van der Waals surface area contributed by atoms with Gasteiger partial charge in [0.15, 0.2) is 11.5 Å². The molecular weight excluding hydrogens is 296 g/mol. The van der Waals surface area contributed by atoms with E-state index in [0.717, 1.165) is 37.0 Å². The maximum atomic E-state index is 12.5. The SMILES string of the molecule is CCOC(=O)C(C)Oc1ccc2c(=O)c3c(oc2c1)CCCC3. The topological polar surface area (TPSA) is 65.7 Å². The number of rotatable bonds is 4. The van der Waals surface area contributed by atoms with E-state index in [2.05, 4.69) is 0 Å². The molecule has 0 saturated carbocycles. The lowest BCUT2D eigenvalue weighted by molar-refractivity contribution is -0.150. The Kier molecular flexibility index (Phi) is 4.37. The van der Waals surface area contributed by atoms with Crippen molar-refractivity contribution in [1.29, 1.82) is 0 Å². The van der Waals surface area contributed by atoms with E-state index >= 15 is 0 Å². The van der Waals surface area contributed by atoms with Crippen molar-refractivity contribution < 1.29 is 18.7 Å². The number of carbonyl (C=O) groups excluding carboxylic acids is 1. The fourth-order valence-corrected chi connectivity index (χ4v) is 2.89. The summed E-state index contributed by atoms with van der Waals surface area (Å²) in [4.78, 5) is 24.2. The fraction of sp³-hybridized carbons (Fsp3) is 0.444. The Bertz CT molecular complexity index is 790. The summed E-state index contributed by atoms with van der Waals surface area (Å²) in [6, 6.07) is 5.05. The third kappa shape index (κ3) is 3.09. The highest BCUT2D eigenvalue weighted by Gasteiger charge is 2.19. The molecular formula is C18H20O5. The Labute approximate surface area is 134 Å². The van der Waals surface area contributed by atoms with E-state index in [1.54, 1.807) is 32.0 Å². The molecule has 0 amide bonds. The van der Waals surface area contributed by atoms with Gasteiger partial charge >= 0.3 is 5.97 Å². The van der Waals surface area contributed by atoms with Gasteiger partial charge in [0.05, 0.1) is 12.0 Å². The van der Waals surface area contributed by atoms with E-state index < -0.39 is 12.1 Å². The number of ether oxygens (including phenoxy) is 2. The normalized spacial score (nSPS) is 15.0. The molecule has 1 aromatic heterocycles. The van der Waals surface area contributed by atoms with E-state index in [1.165, 1.54) is 0 Å². The van der Waals surface area contributed by atoms with E-state index in [0.29, 0.717) is 23.3 Å². The van der Waals surface area contributed by atoms with Gasteiger partial charge in [-0.3, -0.25) is 4.79 Å². The number of carbonyl (C=O) groups is 1. The predicted molar refractivity (Wildman–Crippen MR) is 85.8 cm³/mol. The van der Waals surface area contributed by atoms with Crippen LogP contribution >= 0.6 is 0 Å². The molecule has 1 aliphatic carbocycles. The Morgan fingerprint density at radius 1 is 1.30 bits per heavy atom. The molecule has 0 saturated heterocycles. The van der Waals surface area contributed by atoms with Gasteiger partial charge < -0.3 is 13.9 Å². The summed E-state index contributed by atoms with van der Waals surface area (Å²) < 4.78 is 16.4. The van der Waals surface area contributed by atoms with Crippen LogP contribution in [0, 0.1) is 0 Å². The van der Waals surface area contributed by atoms with Crippen LogP contribution in [0.1, 0.15) is 38.0 Å². The van der Waals surface area contributed by atoms with Crippen molar-refractivity contribution in [3.8, 4) is 5.75 Å². The van der Waals surface area contributed by atoms with Gasteiger partial charge in [0.2, 0.25) is 0 Å². The van der Waals surface area contributed by atoms with Crippen LogP contribution in [0.3, 0.4) is 0 Å². The maximum absolute atomic E-state index is 12.5. The van der Waals surface area contributed by atoms with Gasteiger partial charge in [0.1, 0.15) is 17.1 Å². The third-order valence-corrected chi connectivity index (χ3v) is 4.05. The Hall–Kier alpha value is -2.30. The van der Waals surface area contributed by atoms with E-state index in [1.807, 2.05) is 0 Å². The van der Waals surface area contributed by atoms with Gasteiger partial charge in [0, 0.05) is 18.1 Å². The molecule has 0 bridgehead atoms. The summed E-state index contributed by atoms with van der Waals surface area (Å²) in [5, 5.41) is 0.557. The van der Waals surface area contributed by atoms with Crippen LogP contribution in [0.2, 0.25) is 0 Å². The molecule has 1 aliphatic rings. The smallest absolute Gasteiger partial charge is 0.347 e. The summed E-state index contributed by atoms with van der Waals surface area (Å²) in [6.07, 6.45) is 2.94. The van der Waals surface area contributed by atoms with Gasteiger partial charge in [-0.15, -0.1) is 0 Å². The Balaban J connectivity index is 1.93. The van der Waals surface area contributed by atoms with Gasteiger partial charge in [-0.25, -0.2) is 4.79 Å². The molecule has 0 spiro atoms. The summed E-state index contributed by atoms with van der Waals surface area (Å²) >= 11 is 0. The van der Waals surface area contributed by atoms with Crippen LogP contribution in [-0.2, 0) is 22.4 Å². The highest BCUT2D eigenvalue weighted by molar-refractivity contribution is 5.79. The minimum Gasteiger partial charge on any atom is -0.479 e. The standard InChI is InChI=1S/C18H20O5/c1-3-21-18(20)11(2)22-12-8-9-14-16(10-12)23-15-7-5-4-6-13(15)17(14)19/h8-11H,3-7H2,1-2H3. The molecule has 1 aromatic carbocycles. The van der Waals surface area contributed by atoms with Gasteiger partial charge in [-0.2, -0.15) is 0 Å². The molecule has 0 aliphatic heterocycles. The van der Waals surface area contributed by atoms with Crippen LogP contribution in [0.5, 0.6) is 5.75 Å². The first-order chi connectivity index (χ1) is 11.1.